The van der Waals surface area contributed by atoms with Gasteiger partial charge in [-0.15, -0.1) is 0 Å². The first-order chi connectivity index (χ1) is 11.2. The second-order valence-electron chi connectivity index (χ2n) is 7.28. The summed E-state index contributed by atoms with van der Waals surface area (Å²) in [6, 6.07) is 0.0476. The van der Waals surface area contributed by atoms with E-state index in [1.54, 1.807) is 0 Å². The molecule has 0 saturated carbocycles. The zero-order valence-electron chi connectivity index (χ0n) is 14.8. The van der Waals surface area contributed by atoms with Crippen molar-refractivity contribution in [2.24, 2.45) is 5.92 Å². The van der Waals surface area contributed by atoms with E-state index in [-0.39, 0.29) is 18.1 Å². The van der Waals surface area contributed by atoms with Gasteiger partial charge < -0.3 is 20.2 Å². The Morgan fingerprint density at radius 2 is 1.91 bits per heavy atom. The van der Waals surface area contributed by atoms with Gasteiger partial charge in [0.25, 0.3) is 0 Å². The van der Waals surface area contributed by atoms with Gasteiger partial charge in [-0.2, -0.15) is 0 Å². The van der Waals surface area contributed by atoms with Gasteiger partial charge in [0.1, 0.15) is 0 Å². The number of rotatable bonds is 7. The fourth-order valence-electron chi connectivity index (χ4n) is 3.72. The van der Waals surface area contributed by atoms with Crippen LogP contribution in [-0.4, -0.2) is 66.3 Å². The third-order valence-corrected chi connectivity index (χ3v) is 5.30. The number of amides is 2. The van der Waals surface area contributed by atoms with Gasteiger partial charge in [0.05, 0.1) is 6.10 Å². The molecule has 5 heteroatoms. The number of urea groups is 1. The third kappa shape index (κ3) is 6.68. The molecule has 0 aliphatic carbocycles. The number of likely N-dealkylation sites (tertiary alicyclic amines) is 2. The normalized spacial score (nSPS) is 24.4. The van der Waals surface area contributed by atoms with Gasteiger partial charge in [-0.05, 0) is 65.1 Å². The van der Waals surface area contributed by atoms with Crippen molar-refractivity contribution >= 4 is 6.03 Å². The van der Waals surface area contributed by atoms with E-state index in [0.29, 0.717) is 6.54 Å². The van der Waals surface area contributed by atoms with Crippen LogP contribution in [0.2, 0.25) is 0 Å². The molecule has 2 amide bonds. The zero-order valence-corrected chi connectivity index (χ0v) is 14.8. The lowest BCUT2D eigenvalue weighted by Crippen LogP contribution is -2.47. The first kappa shape index (κ1) is 18.5. The van der Waals surface area contributed by atoms with Gasteiger partial charge in [-0.3, -0.25) is 0 Å². The predicted octanol–water partition coefficient (Wildman–Crippen LogP) is 2.45. The number of carbonyl (C=O) groups excluding carboxylic acids is 1. The molecule has 2 rings (SSSR count). The van der Waals surface area contributed by atoms with E-state index >= 15 is 0 Å². The Labute approximate surface area is 141 Å². The van der Waals surface area contributed by atoms with Crippen LogP contribution in [0.25, 0.3) is 0 Å². The lowest BCUT2D eigenvalue weighted by atomic mass is 9.94. The number of nitrogens with one attached hydrogen (secondary N) is 1. The van der Waals surface area contributed by atoms with Gasteiger partial charge in [-0.1, -0.05) is 12.8 Å². The van der Waals surface area contributed by atoms with E-state index in [1.165, 1.54) is 51.7 Å². The Balaban J connectivity index is 1.51. The number of carbonyl (C=O) groups is 1. The van der Waals surface area contributed by atoms with Crippen LogP contribution in [0, 0.1) is 5.92 Å². The van der Waals surface area contributed by atoms with Crippen molar-refractivity contribution < 1.29 is 9.90 Å². The molecule has 2 atom stereocenters. The molecule has 0 bridgehead atoms. The number of nitrogens with zero attached hydrogens (tertiary/aromatic N) is 2. The number of aliphatic hydroxyl groups excluding tert-OH is 1. The summed E-state index contributed by atoms with van der Waals surface area (Å²) < 4.78 is 0. The predicted molar refractivity (Wildman–Crippen MR) is 93.5 cm³/mol. The highest BCUT2D eigenvalue weighted by Crippen LogP contribution is 2.19. The molecule has 2 saturated heterocycles. The highest BCUT2D eigenvalue weighted by Gasteiger charge is 2.26. The highest BCUT2D eigenvalue weighted by molar-refractivity contribution is 5.74. The molecule has 2 aliphatic heterocycles. The van der Waals surface area contributed by atoms with Gasteiger partial charge in [-0.25, -0.2) is 4.79 Å². The van der Waals surface area contributed by atoms with Gasteiger partial charge in [0.2, 0.25) is 0 Å². The van der Waals surface area contributed by atoms with Crippen molar-refractivity contribution in [3.63, 3.8) is 0 Å². The molecule has 2 N–H and O–H groups in total. The lowest BCUT2D eigenvalue weighted by molar-refractivity contribution is 0.0739. The van der Waals surface area contributed by atoms with Gasteiger partial charge in [0.15, 0.2) is 0 Å². The highest BCUT2D eigenvalue weighted by atomic mass is 16.3. The van der Waals surface area contributed by atoms with E-state index in [9.17, 15) is 9.90 Å². The number of hydrogen-bond donors (Lipinski definition) is 2. The standard InChI is InChI=1S/C18H35N3O2/c1-16(22)17-9-8-14-21(15-17)18(23)19-10-4-2-5-11-20-12-6-3-7-13-20/h16-17,22H,2-15H2,1H3,(H,19,23). The van der Waals surface area contributed by atoms with E-state index in [0.717, 1.165) is 32.4 Å². The Morgan fingerprint density at radius 1 is 1.13 bits per heavy atom. The molecule has 134 valence electrons. The summed E-state index contributed by atoms with van der Waals surface area (Å²) in [4.78, 5) is 16.6. The van der Waals surface area contributed by atoms with Crippen molar-refractivity contribution in [3.05, 3.63) is 0 Å². The SMILES string of the molecule is CC(O)C1CCCN(C(=O)NCCCCCN2CCCCC2)C1. The summed E-state index contributed by atoms with van der Waals surface area (Å²) in [5.74, 6) is 0.235. The van der Waals surface area contributed by atoms with Crippen molar-refractivity contribution in [3.8, 4) is 0 Å². The molecule has 0 aromatic heterocycles. The maximum Gasteiger partial charge on any atom is 0.317 e. The molecule has 2 unspecified atom stereocenters. The Hall–Kier alpha value is -0.810. The van der Waals surface area contributed by atoms with Crippen LogP contribution >= 0.6 is 0 Å². The van der Waals surface area contributed by atoms with Crippen molar-refractivity contribution in [2.45, 2.75) is 64.4 Å². The fourth-order valence-corrected chi connectivity index (χ4v) is 3.72. The summed E-state index contributed by atoms with van der Waals surface area (Å²) in [6.45, 7) is 7.88. The van der Waals surface area contributed by atoms with Crippen LogP contribution in [-0.2, 0) is 0 Å². The number of piperidine rings is 2. The summed E-state index contributed by atoms with van der Waals surface area (Å²) >= 11 is 0. The maximum absolute atomic E-state index is 12.2. The molecular formula is C18H35N3O2. The van der Waals surface area contributed by atoms with E-state index < -0.39 is 0 Å². The van der Waals surface area contributed by atoms with Crippen molar-refractivity contribution in [1.82, 2.24) is 15.1 Å². The first-order valence-electron chi connectivity index (χ1n) is 9.60. The molecule has 0 spiro atoms. The smallest absolute Gasteiger partial charge is 0.317 e. The summed E-state index contributed by atoms with van der Waals surface area (Å²) in [5, 5.41) is 12.7. The van der Waals surface area contributed by atoms with Crippen LogP contribution in [0.3, 0.4) is 0 Å². The minimum Gasteiger partial charge on any atom is -0.393 e. The summed E-state index contributed by atoms with van der Waals surface area (Å²) in [5.41, 5.74) is 0. The minimum atomic E-state index is -0.319. The quantitative estimate of drug-likeness (QED) is 0.707. The molecule has 0 aromatic carbocycles. The molecular weight excluding hydrogens is 290 g/mol. The van der Waals surface area contributed by atoms with Gasteiger partial charge >= 0.3 is 6.03 Å². The molecule has 5 nitrogen and oxygen atoms in total. The van der Waals surface area contributed by atoms with E-state index in [4.69, 9.17) is 0 Å². The second-order valence-corrected chi connectivity index (χ2v) is 7.28. The molecule has 23 heavy (non-hydrogen) atoms. The zero-order chi connectivity index (χ0) is 16.5. The second kappa shape index (κ2) is 10.1. The number of hydrogen-bond acceptors (Lipinski definition) is 3. The molecule has 2 fully saturated rings. The van der Waals surface area contributed by atoms with Crippen LogP contribution < -0.4 is 5.32 Å². The van der Waals surface area contributed by atoms with Crippen LogP contribution in [0.1, 0.15) is 58.3 Å². The minimum absolute atomic E-state index is 0.0476. The van der Waals surface area contributed by atoms with Gasteiger partial charge in [0, 0.05) is 25.6 Å². The van der Waals surface area contributed by atoms with Crippen molar-refractivity contribution in [1.29, 1.82) is 0 Å². The lowest BCUT2D eigenvalue weighted by Gasteiger charge is -2.34. The van der Waals surface area contributed by atoms with Crippen LogP contribution in [0.5, 0.6) is 0 Å². The first-order valence-corrected chi connectivity index (χ1v) is 9.60. The molecule has 0 radical (unpaired) electrons. The topological polar surface area (TPSA) is 55.8 Å². The van der Waals surface area contributed by atoms with Crippen LogP contribution in [0.4, 0.5) is 4.79 Å². The van der Waals surface area contributed by atoms with E-state index in [2.05, 4.69) is 10.2 Å². The largest absolute Gasteiger partial charge is 0.393 e. The number of unbranched alkanes of at least 4 members (excludes halogenated alkanes) is 2. The molecule has 0 aromatic rings. The number of aliphatic hydroxyl groups is 1. The third-order valence-electron chi connectivity index (χ3n) is 5.30. The van der Waals surface area contributed by atoms with E-state index in [1.807, 2.05) is 11.8 Å². The average molecular weight is 325 g/mol. The molecule has 2 aliphatic rings. The Morgan fingerprint density at radius 3 is 2.65 bits per heavy atom. The monoisotopic (exact) mass is 325 g/mol. The Kier molecular flexibility index (Phi) is 8.17. The van der Waals surface area contributed by atoms with Crippen molar-refractivity contribution in [2.75, 3.05) is 39.3 Å². The average Bonchev–Trinajstić information content (AvgIpc) is 2.58. The fraction of sp³-hybridized carbons (Fsp3) is 0.944. The van der Waals surface area contributed by atoms with Crippen LogP contribution in [0.15, 0.2) is 0 Å². The Bertz CT molecular complexity index is 343. The molecule has 2 heterocycles. The summed E-state index contributed by atoms with van der Waals surface area (Å²) in [7, 11) is 0. The maximum atomic E-state index is 12.2. The summed E-state index contributed by atoms with van der Waals surface area (Å²) in [6.07, 6.45) is 9.31.